The molecule has 1 unspecified atom stereocenters. The quantitative estimate of drug-likeness (QED) is 0.757. The Morgan fingerprint density at radius 3 is 2.27 bits per heavy atom. The largest absolute Gasteiger partial charge is 0.493 e. The van der Waals surface area contributed by atoms with Crippen molar-refractivity contribution in [3.63, 3.8) is 0 Å². The molecule has 1 fully saturated rings. The molecular weight excluding hydrogens is 384 g/mol. The SMILES string of the molecule is COc1cc(CNC(=O)C2CC(=O)N(c3ccc(C)c(C)c3)C2)cc(OC)c1OC. The van der Waals surface area contributed by atoms with Gasteiger partial charge in [0.15, 0.2) is 11.5 Å². The molecule has 1 aliphatic rings. The monoisotopic (exact) mass is 412 g/mol. The van der Waals surface area contributed by atoms with Crippen molar-refractivity contribution in [1.29, 1.82) is 0 Å². The lowest BCUT2D eigenvalue weighted by atomic mass is 10.1. The van der Waals surface area contributed by atoms with Crippen molar-refractivity contribution in [2.45, 2.75) is 26.8 Å². The summed E-state index contributed by atoms with van der Waals surface area (Å²) >= 11 is 0. The molecule has 0 aromatic heterocycles. The van der Waals surface area contributed by atoms with Gasteiger partial charge in [0, 0.05) is 25.2 Å². The van der Waals surface area contributed by atoms with E-state index >= 15 is 0 Å². The highest BCUT2D eigenvalue weighted by Gasteiger charge is 2.35. The van der Waals surface area contributed by atoms with Crippen LogP contribution in [0.5, 0.6) is 17.2 Å². The maximum atomic E-state index is 12.7. The van der Waals surface area contributed by atoms with E-state index in [4.69, 9.17) is 14.2 Å². The molecule has 160 valence electrons. The minimum absolute atomic E-state index is 0.0359. The molecule has 7 nitrogen and oxygen atoms in total. The molecule has 2 aromatic rings. The van der Waals surface area contributed by atoms with Gasteiger partial charge in [0.1, 0.15) is 0 Å². The lowest BCUT2D eigenvalue weighted by Gasteiger charge is -2.18. The first-order valence-corrected chi connectivity index (χ1v) is 9.82. The van der Waals surface area contributed by atoms with Gasteiger partial charge in [-0.25, -0.2) is 0 Å². The van der Waals surface area contributed by atoms with Gasteiger partial charge in [0.2, 0.25) is 17.6 Å². The summed E-state index contributed by atoms with van der Waals surface area (Å²) in [7, 11) is 4.64. The van der Waals surface area contributed by atoms with Gasteiger partial charge >= 0.3 is 0 Å². The summed E-state index contributed by atoms with van der Waals surface area (Å²) in [6.45, 7) is 4.72. The van der Waals surface area contributed by atoms with E-state index < -0.39 is 0 Å². The predicted molar refractivity (Wildman–Crippen MR) is 114 cm³/mol. The van der Waals surface area contributed by atoms with Crippen LogP contribution in [0.4, 0.5) is 5.69 Å². The zero-order valence-corrected chi connectivity index (χ0v) is 18.1. The predicted octanol–water partition coefficient (Wildman–Crippen LogP) is 3.00. The van der Waals surface area contributed by atoms with E-state index in [2.05, 4.69) is 5.32 Å². The fraction of sp³-hybridized carbons (Fsp3) is 0.391. The number of ether oxygens (including phenoxy) is 3. The van der Waals surface area contributed by atoms with Gasteiger partial charge in [-0.2, -0.15) is 0 Å². The Balaban J connectivity index is 1.67. The molecule has 1 saturated heterocycles. The van der Waals surface area contributed by atoms with Gasteiger partial charge < -0.3 is 24.4 Å². The van der Waals surface area contributed by atoms with E-state index in [9.17, 15) is 9.59 Å². The Kier molecular flexibility index (Phi) is 6.50. The number of carbonyl (C=O) groups excluding carboxylic acids is 2. The van der Waals surface area contributed by atoms with Gasteiger partial charge in [0.25, 0.3) is 0 Å². The van der Waals surface area contributed by atoms with Gasteiger partial charge in [-0.1, -0.05) is 6.07 Å². The van der Waals surface area contributed by atoms with Crippen LogP contribution >= 0.6 is 0 Å². The molecule has 0 bridgehead atoms. The van der Waals surface area contributed by atoms with E-state index in [0.29, 0.717) is 30.3 Å². The van der Waals surface area contributed by atoms with E-state index in [-0.39, 0.29) is 24.2 Å². The topological polar surface area (TPSA) is 77.1 Å². The average molecular weight is 412 g/mol. The summed E-state index contributed by atoms with van der Waals surface area (Å²) in [4.78, 5) is 26.9. The number of amides is 2. The van der Waals surface area contributed by atoms with Crippen molar-refractivity contribution < 1.29 is 23.8 Å². The highest BCUT2D eigenvalue weighted by molar-refractivity contribution is 6.00. The smallest absolute Gasteiger partial charge is 0.227 e. The number of benzene rings is 2. The zero-order chi connectivity index (χ0) is 21.8. The second kappa shape index (κ2) is 9.07. The van der Waals surface area contributed by atoms with Crippen LogP contribution in [0.2, 0.25) is 0 Å². The number of methoxy groups -OCH3 is 3. The molecule has 1 N–H and O–H groups in total. The van der Waals surface area contributed by atoms with Crippen molar-refractivity contribution >= 4 is 17.5 Å². The number of rotatable bonds is 7. The van der Waals surface area contributed by atoms with Crippen LogP contribution in [0.3, 0.4) is 0 Å². The molecule has 7 heteroatoms. The molecule has 0 spiro atoms. The van der Waals surface area contributed by atoms with Gasteiger partial charge in [-0.15, -0.1) is 0 Å². The van der Waals surface area contributed by atoms with Crippen molar-refractivity contribution in [1.82, 2.24) is 5.32 Å². The summed E-state index contributed by atoms with van der Waals surface area (Å²) in [5, 5.41) is 2.92. The van der Waals surface area contributed by atoms with Crippen molar-refractivity contribution in [2.75, 3.05) is 32.8 Å². The molecule has 1 aliphatic heterocycles. The number of hydrogen-bond donors (Lipinski definition) is 1. The average Bonchev–Trinajstić information content (AvgIpc) is 3.14. The van der Waals surface area contributed by atoms with Crippen molar-refractivity contribution in [3.8, 4) is 17.2 Å². The maximum Gasteiger partial charge on any atom is 0.227 e. The summed E-state index contributed by atoms with van der Waals surface area (Å²) in [6, 6.07) is 9.50. The van der Waals surface area contributed by atoms with Crippen LogP contribution in [0.15, 0.2) is 30.3 Å². The Labute approximate surface area is 176 Å². The number of nitrogens with zero attached hydrogens (tertiary/aromatic N) is 1. The molecule has 1 atom stereocenters. The van der Waals surface area contributed by atoms with E-state index in [1.54, 1.807) is 38.4 Å². The first kappa shape index (κ1) is 21.5. The van der Waals surface area contributed by atoms with Crippen LogP contribution in [0.1, 0.15) is 23.1 Å². The Morgan fingerprint density at radius 1 is 1.03 bits per heavy atom. The number of carbonyl (C=O) groups is 2. The van der Waals surface area contributed by atoms with Crippen LogP contribution in [0, 0.1) is 19.8 Å². The molecule has 1 heterocycles. The molecular formula is C23H28N2O5. The van der Waals surface area contributed by atoms with Gasteiger partial charge in [-0.05, 0) is 54.8 Å². The lowest BCUT2D eigenvalue weighted by Crippen LogP contribution is -2.32. The standard InChI is InChI=1S/C23H28N2O5/c1-14-6-7-18(8-15(14)2)25-13-17(11-21(25)26)23(27)24-12-16-9-19(28-3)22(30-5)20(10-16)29-4/h6-10,17H,11-13H2,1-5H3,(H,24,27). The van der Waals surface area contributed by atoms with Crippen LogP contribution in [0.25, 0.3) is 0 Å². The number of anilines is 1. The molecule has 0 radical (unpaired) electrons. The second-order valence-electron chi connectivity index (χ2n) is 7.43. The Morgan fingerprint density at radius 2 is 1.70 bits per heavy atom. The van der Waals surface area contributed by atoms with Crippen molar-refractivity contribution in [2.24, 2.45) is 5.92 Å². The molecule has 3 rings (SSSR count). The summed E-state index contributed by atoms with van der Waals surface area (Å²) < 4.78 is 16.0. The normalized spacial score (nSPS) is 15.8. The minimum Gasteiger partial charge on any atom is -0.493 e. The fourth-order valence-corrected chi connectivity index (χ4v) is 3.60. The van der Waals surface area contributed by atoms with E-state index in [1.165, 1.54) is 5.56 Å². The summed E-state index contributed by atoms with van der Waals surface area (Å²) in [6.07, 6.45) is 0.202. The molecule has 2 amide bonds. The third-order valence-corrected chi connectivity index (χ3v) is 5.49. The Hall–Kier alpha value is -3.22. The molecule has 2 aromatic carbocycles. The highest BCUT2D eigenvalue weighted by Crippen LogP contribution is 2.38. The third-order valence-electron chi connectivity index (χ3n) is 5.49. The minimum atomic E-state index is -0.388. The number of aryl methyl sites for hydroxylation is 2. The van der Waals surface area contributed by atoms with Gasteiger partial charge in [0.05, 0.1) is 27.2 Å². The van der Waals surface area contributed by atoms with E-state index in [1.807, 2.05) is 32.0 Å². The summed E-state index contributed by atoms with van der Waals surface area (Å²) in [5.41, 5.74) is 3.94. The third kappa shape index (κ3) is 4.35. The number of nitrogens with one attached hydrogen (secondary N) is 1. The first-order valence-electron chi connectivity index (χ1n) is 9.82. The number of hydrogen-bond acceptors (Lipinski definition) is 5. The second-order valence-corrected chi connectivity index (χ2v) is 7.43. The first-order chi connectivity index (χ1) is 14.4. The van der Waals surface area contributed by atoms with Crippen molar-refractivity contribution in [3.05, 3.63) is 47.0 Å². The van der Waals surface area contributed by atoms with Gasteiger partial charge in [-0.3, -0.25) is 9.59 Å². The summed E-state index contributed by atoms with van der Waals surface area (Å²) in [5.74, 6) is 0.979. The molecule has 0 aliphatic carbocycles. The lowest BCUT2D eigenvalue weighted by molar-refractivity contribution is -0.126. The van der Waals surface area contributed by atoms with Crippen LogP contribution in [-0.4, -0.2) is 39.7 Å². The Bertz CT molecular complexity index is 932. The zero-order valence-electron chi connectivity index (χ0n) is 18.1. The molecule has 0 saturated carbocycles. The molecule has 30 heavy (non-hydrogen) atoms. The highest BCUT2D eigenvalue weighted by atomic mass is 16.5. The maximum absolute atomic E-state index is 12.7. The fourth-order valence-electron chi connectivity index (χ4n) is 3.60. The van der Waals surface area contributed by atoms with Crippen LogP contribution in [-0.2, 0) is 16.1 Å². The van der Waals surface area contributed by atoms with Crippen LogP contribution < -0.4 is 24.4 Å². The van der Waals surface area contributed by atoms with E-state index in [0.717, 1.165) is 16.8 Å².